The Hall–Kier alpha value is -2.83. The van der Waals surface area contributed by atoms with Crippen LogP contribution in [0.4, 0.5) is 5.69 Å². The van der Waals surface area contributed by atoms with Gasteiger partial charge in [-0.25, -0.2) is 0 Å². The number of hydrogen-bond donors (Lipinski definition) is 1. The molecule has 2 atom stereocenters. The lowest BCUT2D eigenvalue weighted by atomic mass is 10.1. The Labute approximate surface area is 159 Å². The minimum atomic E-state index is -0.548. The van der Waals surface area contributed by atoms with E-state index in [0.29, 0.717) is 24.5 Å². The van der Waals surface area contributed by atoms with Gasteiger partial charge in [0, 0.05) is 24.7 Å². The highest BCUT2D eigenvalue weighted by molar-refractivity contribution is 6.00. The lowest BCUT2D eigenvalue weighted by Gasteiger charge is -2.32. The van der Waals surface area contributed by atoms with Gasteiger partial charge in [0.1, 0.15) is 5.75 Å². The summed E-state index contributed by atoms with van der Waals surface area (Å²) in [5, 5.41) is 7.40. The Balaban J connectivity index is 1.57. The number of ether oxygens (including phenoxy) is 1. The van der Waals surface area contributed by atoms with Crippen LogP contribution in [0.15, 0.2) is 30.3 Å². The molecule has 1 aliphatic rings. The predicted octanol–water partition coefficient (Wildman–Crippen LogP) is 2.21. The summed E-state index contributed by atoms with van der Waals surface area (Å²) in [6, 6.07) is 9.35. The van der Waals surface area contributed by atoms with Crippen LogP contribution in [0.5, 0.6) is 5.75 Å². The third-order valence-corrected chi connectivity index (χ3v) is 4.59. The van der Waals surface area contributed by atoms with Crippen molar-refractivity contribution in [3.63, 3.8) is 0 Å². The van der Waals surface area contributed by atoms with Crippen molar-refractivity contribution in [3.05, 3.63) is 41.7 Å². The fourth-order valence-electron chi connectivity index (χ4n) is 3.31. The van der Waals surface area contributed by atoms with Crippen molar-refractivity contribution < 1.29 is 14.3 Å². The van der Waals surface area contributed by atoms with Gasteiger partial charge in [-0.15, -0.1) is 0 Å². The van der Waals surface area contributed by atoms with Gasteiger partial charge in [-0.1, -0.05) is 12.1 Å². The highest BCUT2D eigenvalue weighted by Crippen LogP contribution is 2.33. The van der Waals surface area contributed by atoms with E-state index < -0.39 is 6.10 Å². The third kappa shape index (κ3) is 4.30. The van der Waals surface area contributed by atoms with Gasteiger partial charge in [0.25, 0.3) is 5.91 Å². The zero-order valence-corrected chi connectivity index (χ0v) is 16.2. The summed E-state index contributed by atoms with van der Waals surface area (Å²) in [6.07, 6.45) is -0.318. The highest BCUT2D eigenvalue weighted by Gasteiger charge is 2.31. The maximum atomic E-state index is 12.5. The largest absolute Gasteiger partial charge is 0.479 e. The van der Waals surface area contributed by atoms with E-state index in [1.165, 1.54) is 0 Å². The van der Waals surface area contributed by atoms with Gasteiger partial charge in [0.15, 0.2) is 6.10 Å². The molecule has 3 rings (SSSR count). The zero-order valence-electron chi connectivity index (χ0n) is 16.2. The first-order valence-corrected chi connectivity index (χ1v) is 9.22. The van der Waals surface area contributed by atoms with Gasteiger partial charge in [-0.3, -0.25) is 14.3 Å². The number of fused-ring (bicyclic) bond motifs is 1. The molecule has 1 aromatic carbocycles. The molecule has 7 heteroatoms. The SMILES string of the molecule is Cc1cc(C)n(C[C@H](C)NC(=O)CCN2C(=O)[C@@H](C)Oc3ccccc32)n1. The maximum Gasteiger partial charge on any atom is 0.267 e. The monoisotopic (exact) mass is 370 g/mol. The van der Waals surface area contributed by atoms with E-state index in [4.69, 9.17) is 4.74 Å². The van der Waals surface area contributed by atoms with Crippen LogP contribution in [0.1, 0.15) is 31.7 Å². The number of para-hydroxylation sites is 2. The van der Waals surface area contributed by atoms with Crippen LogP contribution in [0.25, 0.3) is 0 Å². The Morgan fingerprint density at radius 3 is 2.78 bits per heavy atom. The van der Waals surface area contributed by atoms with E-state index in [0.717, 1.165) is 11.4 Å². The summed E-state index contributed by atoms with van der Waals surface area (Å²) in [4.78, 5) is 26.5. The van der Waals surface area contributed by atoms with Crippen molar-refractivity contribution in [2.45, 2.75) is 52.8 Å². The Morgan fingerprint density at radius 2 is 2.07 bits per heavy atom. The second-order valence-corrected chi connectivity index (χ2v) is 7.05. The lowest BCUT2D eigenvalue weighted by molar-refractivity contribution is -0.125. The van der Waals surface area contributed by atoms with Gasteiger partial charge < -0.3 is 15.0 Å². The van der Waals surface area contributed by atoms with Crippen LogP contribution >= 0.6 is 0 Å². The molecule has 0 saturated heterocycles. The molecule has 144 valence electrons. The van der Waals surface area contributed by atoms with E-state index in [-0.39, 0.29) is 24.3 Å². The smallest absolute Gasteiger partial charge is 0.267 e. The van der Waals surface area contributed by atoms with E-state index in [1.807, 2.05) is 55.8 Å². The standard InChI is InChI=1S/C20H26N4O3/c1-13-11-15(3)24(22-13)12-14(2)21-19(25)9-10-23-17-7-5-6-8-18(17)27-16(4)20(23)26/h5-8,11,14,16H,9-10,12H2,1-4H3,(H,21,25)/t14-,16+/m0/s1. The van der Waals surface area contributed by atoms with E-state index in [2.05, 4.69) is 10.4 Å². The van der Waals surface area contributed by atoms with Gasteiger partial charge in [0.2, 0.25) is 5.91 Å². The van der Waals surface area contributed by atoms with E-state index >= 15 is 0 Å². The number of amides is 2. The van der Waals surface area contributed by atoms with Crippen molar-refractivity contribution in [1.82, 2.24) is 15.1 Å². The molecule has 27 heavy (non-hydrogen) atoms. The number of aryl methyl sites for hydroxylation is 2. The fraction of sp³-hybridized carbons (Fsp3) is 0.450. The van der Waals surface area contributed by atoms with E-state index in [9.17, 15) is 9.59 Å². The topological polar surface area (TPSA) is 76.5 Å². The number of nitrogens with one attached hydrogen (secondary N) is 1. The summed E-state index contributed by atoms with van der Waals surface area (Å²) in [5.74, 6) is 0.452. The van der Waals surface area contributed by atoms with Crippen molar-refractivity contribution >= 4 is 17.5 Å². The molecule has 2 aromatic rings. The molecule has 0 fully saturated rings. The summed E-state index contributed by atoms with van der Waals surface area (Å²) in [5.41, 5.74) is 2.74. The number of aromatic nitrogens is 2. The normalized spacial score (nSPS) is 17.3. The predicted molar refractivity (Wildman–Crippen MR) is 103 cm³/mol. The number of carbonyl (C=O) groups excluding carboxylic acids is 2. The number of carbonyl (C=O) groups is 2. The maximum absolute atomic E-state index is 12.5. The molecule has 0 bridgehead atoms. The minimum absolute atomic E-state index is 0.0536. The number of anilines is 1. The molecule has 2 amide bonds. The molecule has 0 spiro atoms. The van der Waals surface area contributed by atoms with Gasteiger partial charge in [-0.05, 0) is 45.9 Å². The second-order valence-electron chi connectivity index (χ2n) is 7.05. The summed E-state index contributed by atoms with van der Waals surface area (Å²) in [7, 11) is 0. The van der Waals surface area contributed by atoms with Crippen molar-refractivity contribution in [3.8, 4) is 5.75 Å². The molecule has 7 nitrogen and oxygen atoms in total. The Kier molecular flexibility index (Phi) is 5.48. The first-order chi connectivity index (χ1) is 12.8. The number of rotatable bonds is 6. The number of hydrogen-bond acceptors (Lipinski definition) is 4. The molecule has 1 N–H and O–H groups in total. The van der Waals surface area contributed by atoms with Crippen molar-refractivity contribution in [2.75, 3.05) is 11.4 Å². The lowest BCUT2D eigenvalue weighted by Crippen LogP contribution is -2.46. The summed E-state index contributed by atoms with van der Waals surface area (Å²) < 4.78 is 7.52. The molecule has 0 unspecified atom stereocenters. The first-order valence-electron chi connectivity index (χ1n) is 9.22. The first kappa shape index (κ1) is 18.9. The molecule has 2 heterocycles. The molecular weight excluding hydrogens is 344 g/mol. The van der Waals surface area contributed by atoms with Crippen LogP contribution in [0.3, 0.4) is 0 Å². The number of benzene rings is 1. The molecule has 0 aliphatic carbocycles. The Morgan fingerprint density at radius 1 is 1.33 bits per heavy atom. The highest BCUT2D eigenvalue weighted by atomic mass is 16.5. The van der Waals surface area contributed by atoms with E-state index in [1.54, 1.807) is 11.8 Å². The van der Waals surface area contributed by atoms with Crippen LogP contribution in [0, 0.1) is 13.8 Å². The van der Waals surface area contributed by atoms with Crippen LogP contribution in [0.2, 0.25) is 0 Å². The van der Waals surface area contributed by atoms with Gasteiger partial charge in [0.05, 0.1) is 17.9 Å². The van der Waals surface area contributed by atoms with Gasteiger partial charge in [-0.2, -0.15) is 5.10 Å². The minimum Gasteiger partial charge on any atom is -0.479 e. The fourth-order valence-corrected chi connectivity index (χ4v) is 3.31. The molecule has 1 aromatic heterocycles. The average Bonchev–Trinajstić information content (AvgIpc) is 2.92. The van der Waals surface area contributed by atoms with Gasteiger partial charge >= 0.3 is 0 Å². The van der Waals surface area contributed by atoms with Crippen LogP contribution < -0.4 is 15.0 Å². The quantitative estimate of drug-likeness (QED) is 0.846. The average molecular weight is 370 g/mol. The molecule has 0 saturated carbocycles. The van der Waals surface area contributed by atoms with Crippen LogP contribution in [-0.4, -0.2) is 40.3 Å². The Bertz CT molecular complexity index is 846. The molecule has 1 aliphatic heterocycles. The molecular formula is C20H26N4O3. The zero-order chi connectivity index (χ0) is 19.6. The number of nitrogens with zero attached hydrogens (tertiary/aromatic N) is 3. The van der Waals surface area contributed by atoms with Crippen molar-refractivity contribution in [2.24, 2.45) is 0 Å². The molecule has 0 radical (unpaired) electrons. The van der Waals surface area contributed by atoms with Crippen molar-refractivity contribution in [1.29, 1.82) is 0 Å². The third-order valence-electron chi connectivity index (χ3n) is 4.59. The second kappa shape index (κ2) is 7.82. The van der Waals surface area contributed by atoms with Crippen LogP contribution in [-0.2, 0) is 16.1 Å². The summed E-state index contributed by atoms with van der Waals surface area (Å²) >= 11 is 0. The summed E-state index contributed by atoms with van der Waals surface area (Å²) in [6.45, 7) is 8.55.